The summed E-state index contributed by atoms with van der Waals surface area (Å²) in [5, 5.41) is 8.26. The molecule has 1 aliphatic carbocycles. The molecule has 3 heteroatoms. The zero-order chi connectivity index (χ0) is 8.27. The highest BCUT2D eigenvalue weighted by Crippen LogP contribution is 2.12. The maximum Gasteiger partial charge on any atom is 0.506 e. The summed E-state index contributed by atoms with van der Waals surface area (Å²) in [5.74, 6) is 0. The first kappa shape index (κ1) is 7.60. The van der Waals surface area contributed by atoms with E-state index in [0.717, 1.165) is 0 Å². The van der Waals surface area contributed by atoms with E-state index in [-0.39, 0.29) is 0 Å². The lowest BCUT2D eigenvalue weighted by molar-refractivity contribution is 0.0808. The molecular formula is C8H8O3. The van der Waals surface area contributed by atoms with Crippen molar-refractivity contribution < 1.29 is 14.6 Å². The summed E-state index contributed by atoms with van der Waals surface area (Å²) in [7, 11) is 0. The Labute approximate surface area is 64.3 Å². The fourth-order valence-electron chi connectivity index (χ4n) is 0.786. The van der Waals surface area contributed by atoms with Crippen molar-refractivity contribution in [3.63, 3.8) is 0 Å². The molecule has 1 rings (SSSR count). The topological polar surface area (TPSA) is 46.5 Å². The SMILES string of the molecule is C=C1C=CC=CC1OC(=O)O. The highest BCUT2D eigenvalue weighted by atomic mass is 16.7. The molecule has 0 heterocycles. The van der Waals surface area contributed by atoms with Crippen molar-refractivity contribution in [3.8, 4) is 0 Å². The first-order chi connectivity index (χ1) is 5.20. The second-order valence-corrected chi connectivity index (χ2v) is 2.12. The second-order valence-electron chi connectivity index (χ2n) is 2.12. The molecule has 1 unspecified atom stereocenters. The summed E-state index contributed by atoms with van der Waals surface area (Å²) in [6.45, 7) is 3.62. The molecule has 0 amide bonds. The Balaban J connectivity index is 2.59. The van der Waals surface area contributed by atoms with Crippen LogP contribution >= 0.6 is 0 Å². The van der Waals surface area contributed by atoms with Gasteiger partial charge in [0.1, 0.15) is 6.10 Å². The number of rotatable bonds is 1. The van der Waals surface area contributed by atoms with Crippen molar-refractivity contribution in [1.82, 2.24) is 0 Å². The lowest BCUT2D eigenvalue weighted by Gasteiger charge is -2.13. The predicted molar refractivity (Wildman–Crippen MR) is 40.3 cm³/mol. The first-order valence-electron chi connectivity index (χ1n) is 3.13. The molecule has 3 nitrogen and oxygen atoms in total. The summed E-state index contributed by atoms with van der Waals surface area (Å²) < 4.78 is 4.48. The first-order valence-corrected chi connectivity index (χ1v) is 3.13. The van der Waals surface area contributed by atoms with E-state index in [4.69, 9.17) is 5.11 Å². The van der Waals surface area contributed by atoms with Crippen molar-refractivity contribution in [2.75, 3.05) is 0 Å². The van der Waals surface area contributed by atoms with Gasteiger partial charge in [0.05, 0.1) is 0 Å². The molecule has 0 aliphatic heterocycles. The third kappa shape index (κ3) is 1.97. The smallest absolute Gasteiger partial charge is 0.450 e. The van der Waals surface area contributed by atoms with Crippen molar-refractivity contribution in [2.45, 2.75) is 6.10 Å². The number of ether oxygens (including phenoxy) is 1. The van der Waals surface area contributed by atoms with Gasteiger partial charge in [0, 0.05) is 0 Å². The molecule has 0 spiro atoms. The van der Waals surface area contributed by atoms with E-state index < -0.39 is 12.3 Å². The molecule has 0 aromatic heterocycles. The number of carbonyl (C=O) groups is 1. The minimum Gasteiger partial charge on any atom is -0.450 e. The van der Waals surface area contributed by atoms with Gasteiger partial charge in [0.25, 0.3) is 0 Å². The maximum absolute atomic E-state index is 10.1. The third-order valence-corrected chi connectivity index (χ3v) is 1.30. The molecule has 0 bridgehead atoms. The molecule has 0 aromatic carbocycles. The second kappa shape index (κ2) is 3.05. The van der Waals surface area contributed by atoms with Crippen LogP contribution < -0.4 is 0 Å². The Hall–Kier alpha value is -1.51. The van der Waals surface area contributed by atoms with Gasteiger partial charge in [0.2, 0.25) is 0 Å². The molecule has 0 radical (unpaired) electrons. The molecule has 0 saturated carbocycles. The summed E-state index contributed by atoms with van der Waals surface area (Å²) >= 11 is 0. The van der Waals surface area contributed by atoms with Crippen LogP contribution in [-0.4, -0.2) is 17.4 Å². The summed E-state index contributed by atoms with van der Waals surface area (Å²) in [6.07, 6.45) is 5.06. The fraction of sp³-hybridized carbons (Fsp3) is 0.125. The minimum atomic E-state index is -1.28. The van der Waals surface area contributed by atoms with Gasteiger partial charge in [-0.15, -0.1) is 0 Å². The van der Waals surface area contributed by atoms with Gasteiger partial charge >= 0.3 is 6.16 Å². The minimum absolute atomic E-state index is 0.516. The van der Waals surface area contributed by atoms with E-state index in [0.29, 0.717) is 5.57 Å². The van der Waals surface area contributed by atoms with Gasteiger partial charge in [0.15, 0.2) is 0 Å². The predicted octanol–water partition coefficient (Wildman–Crippen LogP) is 1.73. The number of hydrogen-bond donors (Lipinski definition) is 1. The quantitative estimate of drug-likeness (QED) is 0.582. The van der Waals surface area contributed by atoms with Gasteiger partial charge in [-0.25, -0.2) is 4.79 Å². The van der Waals surface area contributed by atoms with Gasteiger partial charge in [-0.3, -0.25) is 0 Å². The van der Waals surface area contributed by atoms with E-state index >= 15 is 0 Å². The lowest BCUT2D eigenvalue weighted by Crippen LogP contribution is -2.16. The van der Waals surface area contributed by atoms with Crippen LogP contribution in [0.3, 0.4) is 0 Å². The van der Waals surface area contributed by atoms with Crippen LogP contribution in [0.4, 0.5) is 4.79 Å². The molecule has 58 valence electrons. The van der Waals surface area contributed by atoms with Gasteiger partial charge in [-0.05, 0) is 11.6 Å². The Morgan fingerprint density at radius 1 is 1.64 bits per heavy atom. The van der Waals surface area contributed by atoms with E-state index in [1.807, 2.05) is 0 Å². The number of carboxylic acid groups (broad SMARTS) is 1. The van der Waals surface area contributed by atoms with Crippen molar-refractivity contribution in [3.05, 3.63) is 36.5 Å². The Bertz CT molecular complexity index is 238. The van der Waals surface area contributed by atoms with Gasteiger partial charge < -0.3 is 9.84 Å². The lowest BCUT2D eigenvalue weighted by atomic mass is 10.1. The molecule has 11 heavy (non-hydrogen) atoms. The zero-order valence-corrected chi connectivity index (χ0v) is 5.86. The Morgan fingerprint density at radius 2 is 2.36 bits per heavy atom. The summed E-state index contributed by atoms with van der Waals surface area (Å²) in [5.41, 5.74) is 0.648. The van der Waals surface area contributed by atoms with Crippen LogP contribution in [0.5, 0.6) is 0 Å². The van der Waals surface area contributed by atoms with Crippen LogP contribution in [0.1, 0.15) is 0 Å². The molecule has 0 aromatic rings. The monoisotopic (exact) mass is 152 g/mol. The molecule has 0 saturated heterocycles. The zero-order valence-electron chi connectivity index (χ0n) is 5.86. The van der Waals surface area contributed by atoms with Gasteiger partial charge in [-0.1, -0.05) is 24.8 Å². The Kier molecular flexibility index (Phi) is 2.11. The van der Waals surface area contributed by atoms with E-state index in [1.165, 1.54) is 0 Å². The molecule has 0 fully saturated rings. The van der Waals surface area contributed by atoms with Crippen LogP contribution in [0.15, 0.2) is 36.5 Å². The summed E-state index contributed by atoms with van der Waals surface area (Å²) in [4.78, 5) is 10.1. The largest absolute Gasteiger partial charge is 0.506 e. The molecule has 1 N–H and O–H groups in total. The Morgan fingerprint density at radius 3 is 2.91 bits per heavy atom. The fourth-order valence-corrected chi connectivity index (χ4v) is 0.786. The van der Waals surface area contributed by atoms with E-state index in [2.05, 4.69) is 11.3 Å². The molecule has 1 atom stereocenters. The average Bonchev–Trinajstić information content (AvgIpc) is 1.93. The maximum atomic E-state index is 10.1. The highest BCUT2D eigenvalue weighted by Gasteiger charge is 2.12. The van der Waals surface area contributed by atoms with Crippen molar-refractivity contribution >= 4 is 6.16 Å². The van der Waals surface area contributed by atoms with Crippen LogP contribution in [0.25, 0.3) is 0 Å². The summed E-state index contributed by atoms with van der Waals surface area (Å²) in [6, 6.07) is 0. The van der Waals surface area contributed by atoms with E-state index in [9.17, 15) is 4.79 Å². The molecule has 1 aliphatic rings. The average molecular weight is 152 g/mol. The number of allylic oxidation sites excluding steroid dienone is 2. The standard InChI is InChI=1S/C8H8O3/c1-6-4-2-3-5-7(6)11-8(9)10/h2-5,7H,1H2,(H,9,10). The van der Waals surface area contributed by atoms with E-state index in [1.54, 1.807) is 24.3 Å². The van der Waals surface area contributed by atoms with Crippen LogP contribution in [-0.2, 0) is 4.74 Å². The normalized spacial score (nSPS) is 21.8. The third-order valence-electron chi connectivity index (χ3n) is 1.30. The van der Waals surface area contributed by atoms with Crippen molar-refractivity contribution in [1.29, 1.82) is 0 Å². The molecular weight excluding hydrogens is 144 g/mol. The number of hydrogen-bond acceptors (Lipinski definition) is 2. The van der Waals surface area contributed by atoms with Crippen molar-refractivity contribution in [2.24, 2.45) is 0 Å². The van der Waals surface area contributed by atoms with Crippen LogP contribution in [0, 0.1) is 0 Å². The van der Waals surface area contributed by atoms with Crippen LogP contribution in [0.2, 0.25) is 0 Å². The highest BCUT2D eigenvalue weighted by molar-refractivity contribution is 5.58. The van der Waals surface area contributed by atoms with Gasteiger partial charge in [-0.2, -0.15) is 0 Å².